The fraction of sp³-hybridized carbons (Fsp3) is 0.857. The Kier molecular flexibility index (Phi) is 5.20. The monoisotopic (exact) mass is 194 g/mol. The standard InChI is InChI=1S/C7H14N2O2.ClH/c8-7(11)2-4-9-3-1-6(10)5-9;/h6,10H,1-5H2,(H2,8,11);1H. The molecule has 3 N–H and O–H groups in total. The number of carbonyl (C=O) groups excluding carboxylic acids is 1. The Morgan fingerprint density at radius 1 is 1.67 bits per heavy atom. The van der Waals surface area contributed by atoms with Crippen molar-refractivity contribution in [1.29, 1.82) is 0 Å². The number of rotatable bonds is 3. The molecule has 72 valence electrons. The molecule has 1 amide bonds. The molecule has 4 nitrogen and oxygen atoms in total. The van der Waals surface area contributed by atoms with Gasteiger partial charge in [-0.15, -0.1) is 12.4 Å². The van der Waals surface area contributed by atoms with Gasteiger partial charge in [0.25, 0.3) is 0 Å². The predicted molar refractivity (Wildman–Crippen MR) is 48.1 cm³/mol. The highest BCUT2D eigenvalue weighted by Crippen LogP contribution is 2.08. The number of nitrogens with two attached hydrogens (primary N) is 1. The van der Waals surface area contributed by atoms with E-state index in [1.807, 2.05) is 0 Å². The van der Waals surface area contributed by atoms with Crippen LogP contribution in [0.2, 0.25) is 0 Å². The van der Waals surface area contributed by atoms with Crippen molar-refractivity contribution in [2.75, 3.05) is 19.6 Å². The summed E-state index contributed by atoms with van der Waals surface area (Å²) in [5.41, 5.74) is 4.98. The van der Waals surface area contributed by atoms with E-state index in [2.05, 4.69) is 4.90 Å². The molecule has 1 saturated heterocycles. The number of aliphatic hydroxyl groups is 1. The Labute approximate surface area is 78.1 Å². The van der Waals surface area contributed by atoms with Crippen molar-refractivity contribution in [3.05, 3.63) is 0 Å². The van der Waals surface area contributed by atoms with Crippen molar-refractivity contribution in [3.8, 4) is 0 Å². The molecule has 0 spiro atoms. The molecule has 1 aliphatic rings. The summed E-state index contributed by atoms with van der Waals surface area (Å²) in [6.45, 7) is 2.26. The normalized spacial score (nSPS) is 23.6. The summed E-state index contributed by atoms with van der Waals surface area (Å²) in [5, 5.41) is 9.11. The number of nitrogens with zero attached hydrogens (tertiary/aromatic N) is 1. The van der Waals surface area contributed by atoms with E-state index < -0.39 is 0 Å². The molecule has 1 rings (SSSR count). The van der Waals surface area contributed by atoms with E-state index in [9.17, 15) is 4.79 Å². The van der Waals surface area contributed by atoms with Gasteiger partial charge >= 0.3 is 0 Å². The molecule has 5 heteroatoms. The van der Waals surface area contributed by atoms with E-state index in [-0.39, 0.29) is 24.4 Å². The fourth-order valence-corrected chi connectivity index (χ4v) is 1.28. The Morgan fingerprint density at radius 2 is 2.33 bits per heavy atom. The summed E-state index contributed by atoms with van der Waals surface area (Å²) >= 11 is 0. The van der Waals surface area contributed by atoms with Crippen LogP contribution in [0, 0.1) is 0 Å². The van der Waals surface area contributed by atoms with Crippen LogP contribution in [0.1, 0.15) is 12.8 Å². The van der Waals surface area contributed by atoms with Gasteiger partial charge < -0.3 is 15.7 Å². The first-order valence-corrected chi connectivity index (χ1v) is 3.87. The molecule has 0 bridgehead atoms. The molecule has 0 aromatic rings. The quantitative estimate of drug-likeness (QED) is 0.628. The molecular weight excluding hydrogens is 180 g/mol. The molecule has 1 unspecified atom stereocenters. The van der Waals surface area contributed by atoms with Crippen LogP contribution in [0.3, 0.4) is 0 Å². The molecular formula is C7H15ClN2O2. The first kappa shape index (κ1) is 11.7. The Hall–Kier alpha value is -0.320. The number of likely N-dealkylation sites (tertiary alicyclic amines) is 1. The molecule has 1 atom stereocenters. The van der Waals surface area contributed by atoms with Gasteiger partial charge in [-0.2, -0.15) is 0 Å². The van der Waals surface area contributed by atoms with Crippen molar-refractivity contribution in [3.63, 3.8) is 0 Å². The minimum atomic E-state index is -0.272. The van der Waals surface area contributed by atoms with E-state index in [0.717, 1.165) is 13.0 Å². The number of halogens is 1. The maximum atomic E-state index is 10.4. The van der Waals surface area contributed by atoms with Gasteiger partial charge in [0.15, 0.2) is 0 Å². The van der Waals surface area contributed by atoms with E-state index in [0.29, 0.717) is 19.5 Å². The van der Waals surface area contributed by atoms with Crippen LogP contribution >= 0.6 is 12.4 Å². The highest BCUT2D eigenvalue weighted by Gasteiger charge is 2.19. The molecule has 0 aliphatic carbocycles. The number of hydrogen-bond donors (Lipinski definition) is 2. The second kappa shape index (κ2) is 5.35. The second-order valence-corrected chi connectivity index (χ2v) is 2.96. The lowest BCUT2D eigenvalue weighted by atomic mass is 10.3. The number of β-amino-alcohol motifs (C(OH)–C–C–N with tert-alkyl or cyclic N) is 1. The van der Waals surface area contributed by atoms with Crippen LogP contribution in [0.25, 0.3) is 0 Å². The van der Waals surface area contributed by atoms with Crippen molar-refractivity contribution < 1.29 is 9.90 Å². The zero-order valence-electron chi connectivity index (χ0n) is 6.90. The lowest BCUT2D eigenvalue weighted by Gasteiger charge is -2.12. The van der Waals surface area contributed by atoms with Gasteiger partial charge in [0, 0.05) is 26.1 Å². The maximum Gasteiger partial charge on any atom is 0.218 e. The summed E-state index contributed by atoms with van der Waals surface area (Å²) in [6.07, 6.45) is 1.01. The number of carbonyl (C=O) groups is 1. The van der Waals surface area contributed by atoms with Crippen LogP contribution in [0.15, 0.2) is 0 Å². The third-order valence-corrected chi connectivity index (χ3v) is 1.92. The zero-order valence-corrected chi connectivity index (χ0v) is 7.72. The van der Waals surface area contributed by atoms with Gasteiger partial charge in [-0.25, -0.2) is 0 Å². The topological polar surface area (TPSA) is 66.6 Å². The number of hydrogen-bond acceptors (Lipinski definition) is 3. The summed E-state index contributed by atoms with van der Waals surface area (Å²) in [6, 6.07) is 0. The van der Waals surface area contributed by atoms with Gasteiger partial charge in [-0.1, -0.05) is 0 Å². The van der Waals surface area contributed by atoms with E-state index in [4.69, 9.17) is 10.8 Å². The lowest BCUT2D eigenvalue weighted by Crippen LogP contribution is -2.26. The summed E-state index contributed by atoms with van der Waals surface area (Å²) in [7, 11) is 0. The van der Waals surface area contributed by atoms with E-state index >= 15 is 0 Å². The highest BCUT2D eigenvalue weighted by molar-refractivity contribution is 5.85. The SMILES string of the molecule is Cl.NC(=O)CCN1CCC(O)C1. The van der Waals surface area contributed by atoms with Crippen LogP contribution in [-0.2, 0) is 4.79 Å². The number of aliphatic hydroxyl groups excluding tert-OH is 1. The molecule has 12 heavy (non-hydrogen) atoms. The Bertz CT molecular complexity index is 154. The predicted octanol–water partition coefficient (Wildman–Crippen LogP) is -0.650. The third-order valence-electron chi connectivity index (χ3n) is 1.92. The minimum Gasteiger partial charge on any atom is -0.392 e. The smallest absolute Gasteiger partial charge is 0.218 e. The molecule has 0 saturated carbocycles. The van der Waals surface area contributed by atoms with Gasteiger partial charge in [0.2, 0.25) is 5.91 Å². The maximum absolute atomic E-state index is 10.4. The van der Waals surface area contributed by atoms with E-state index in [1.54, 1.807) is 0 Å². The van der Waals surface area contributed by atoms with Crippen molar-refractivity contribution in [2.45, 2.75) is 18.9 Å². The average Bonchev–Trinajstić information content (AvgIpc) is 2.31. The highest BCUT2D eigenvalue weighted by atomic mass is 35.5. The lowest BCUT2D eigenvalue weighted by molar-refractivity contribution is -0.118. The molecule has 0 aromatic carbocycles. The van der Waals surface area contributed by atoms with Gasteiger partial charge in [-0.3, -0.25) is 4.79 Å². The molecule has 1 aliphatic heterocycles. The summed E-state index contributed by atoms with van der Waals surface area (Å²) in [4.78, 5) is 12.4. The Balaban J connectivity index is 0.00000121. The summed E-state index contributed by atoms with van der Waals surface area (Å²) < 4.78 is 0. The largest absolute Gasteiger partial charge is 0.392 e. The van der Waals surface area contributed by atoms with Crippen molar-refractivity contribution in [1.82, 2.24) is 4.90 Å². The second-order valence-electron chi connectivity index (χ2n) is 2.96. The Morgan fingerprint density at radius 3 is 2.75 bits per heavy atom. The van der Waals surface area contributed by atoms with Crippen LogP contribution in [0.5, 0.6) is 0 Å². The number of amides is 1. The fourth-order valence-electron chi connectivity index (χ4n) is 1.28. The van der Waals surface area contributed by atoms with Crippen molar-refractivity contribution in [2.24, 2.45) is 5.73 Å². The zero-order chi connectivity index (χ0) is 8.27. The van der Waals surface area contributed by atoms with E-state index in [1.165, 1.54) is 0 Å². The summed E-state index contributed by atoms with van der Waals surface area (Å²) in [5.74, 6) is -0.272. The first-order valence-electron chi connectivity index (χ1n) is 3.87. The molecule has 0 aromatic heterocycles. The molecule has 1 heterocycles. The van der Waals surface area contributed by atoms with Gasteiger partial charge in [0.1, 0.15) is 0 Å². The minimum absolute atomic E-state index is 0. The van der Waals surface area contributed by atoms with Crippen LogP contribution in [0.4, 0.5) is 0 Å². The first-order chi connectivity index (χ1) is 5.18. The van der Waals surface area contributed by atoms with Crippen molar-refractivity contribution >= 4 is 18.3 Å². The molecule has 0 radical (unpaired) electrons. The van der Waals surface area contributed by atoms with Gasteiger partial charge in [-0.05, 0) is 6.42 Å². The van der Waals surface area contributed by atoms with Crippen LogP contribution < -0.4 is 5.73 Å². The van der Waals surface area contributed by atoms with Gasteiger partial charge in [0.05, 0.1) is 6.10 Å². The third kappa shape index (κ3) is 3.90. The van der Waals surface area contributed by atoms with Crippen LogP contribution in [-0.4, -0.2) is 41.7 Å². The molecule has 1 fully saturated rings. The average molecular weight is 195 g/mol. The number of primary amides is 1.